The van der Waals surface area contributed by atoms with Crippen molar-refractivity contribution in [2.45, 2.75) is 36.9 Å². The number of pyridine rings is 1. The molecule has 0 aliphatic carbocycles. The predicted octanol–water partition coefficient (Wildman–Crippen LogP) is 0.388. The number of aromatic nitrogens is 1. The van der Waals surface area contributed by atoms with E-state index in [9.17, 15) is 8.42 Å². The summed E-state index contributed by atoms with van der Waals surface area (Å²) in [6.45, 7) is 1.49. The minimum absolute atomic E-state index is 0.0250. The zero-order valence-corrected chi connectivity index (χ0v) is 11.5. The molecule has 1 fully saturated rings. The molecule has 0 aromatic carbocycles. The Kier molecular flexibility index (Phi) is 4.87. The normalized spacial score (nSPS) is 19.7. The molecule has 6 nitrogen and oxygen atoms in total. The van der Waals surface area contributed by atoms with E-state index in [0.717, 1.165) is 25.0 Å². The maximum absolute atomic E-state index is 12.0. The lowest BCUT2D eigenvalue weighted by atomic mass is 10.2. The fraction of sp³-hybridized carbons (Fsp3) is 0.583. The van der Waals surface area contributed by atoms with Crippen LogP contribution in [0, 0.1) is 0 Å². The van der Waals surface area contributed by atoms with Gasteiger partial charge >= 0.3 is 0 Å². The van der Waals surface area contributed by atoms with Gasteiger partial charge in [0.25, 0.3) is 10.0 Å². The van der Waals surface area contributed by atoms with Gasteiger partial charge in [-0.3, -0.25) is 0 Å². The van der Waals surface area contributed by atoms with Crippen molar-refractivity contribution in [1.29, 1.82) is 0 Å². The molecule has 1 aliphatic rings. The van der Waals surface area contributed by atoms with Crippen molar-refractivity contribution in [2.24, 2.45) is 5.73 Å². The van der Waals surface area contributed by atoms with Crippen molar-refractivity contribution >= 4 is 10.0 Å². The molecule has 106 valence electrons. The first kappa shape index (κ1) is 14.4. The molecular formula is C12H19N3O3S. The first-order valence-corrected chi connectivity index (χ1v) is 7.86. The number of nitrogens with two attached hydrogens (primary N) is 1. The summed E-state index contributed by atoms with van der Waals surface area (Å²) < 4.78 is 31.9. The summed E-state index contributed by atoms with van der Waals surface area (Å²) >= 11 is 0. The monoisotopic (exact) mass is 285 g/mol. The third-order valence-corrected chi connectivity index (χ3v) is 4.47. The Morgan fingerprint density at radius 2 is 2.32 bits per heavy atom. The van der Waals surface area contributed by atoms with Crippen LogP contribution in [0.4, 0.5) is 0 Å². The van der Waals surface area contributed by atoms with Crippen LogP contribution in [0.1, 0.15) is 24.8 Å². The molecule has 1 aromatic rings. The van der Waals surface area contributed by atoms with Crippen molar-refractivity contribution in [3.8, 4) is 0 Å². The highest BCUT2D eigenvalue weighted by molar-refractivity contribution is 7.89. The van der Waals surface area contributed by atoms with E-state index in [1.165, 1.54) is 12.3 Å². The van der Waals surface area contributed by atoms with Crippen molar-refractivity contribution in [2.75, 3.05) is 13.2 Å². The van der Waals surface area contributed by atoms with Gasteiger partial charge in [-0.15, -0.1) is 0 Å². The molecule has 1 aliphatic heterocycles. The molecule has 0 amide bonds. The second kappa shape index (κ2) is 6.42. The molecule has 0 saturated carbocycles. The lowest BCUT2D eigenvalue weighted by Gasteiger charge is -2.10. The SMILES string of the molecule is NCc1ccc(S(=O)(=O)NCCC2CCCO2)nc1. The Bertz CT molecular complexity index is 495. The number of hydrogen-bond donors (Lipinski definition) is 2. The Hall–Kier alpha value is -1.02. The van der Waals surface area contributed by atoms with Crippen LogP contribution < -0.4 is 10.5 Å². The van der Waals surface area contributed by atoms with E-state index in [4.69, 9.17) is 10.5 Å². The number of rotatable bonds is 6. The van der Waals surface area contributed by atoms with Crippen LogP contribution in [0.3, 0.4) is 0 Å². The molecule has 0 spiro atoms. The summed E-state index contributed by atoms with van der Waals surface area (Å²) in [5, 5.41) is 0.0250. The van der Waals surface area contributed by atoms with Gasteiger partial charge in [-0.1, -0.05) is 6.07 Å². The third-order valence-electron chi connectivity index (χ3n) is 3.09. The van der Waals surface area contributed by atoms with E-state index in [2.05, 4.69) is 9.71 Å². The van der Waals surface area contributed by atoms with Crippen LogP contribution >= 0.6 is 0 Å². The lowest BCUT2D eigenvalue weighted by Crippen LogP contribution is -2.28. The first-order valence-electron chi connectivity index (χ1n) is 6.38. The molecule has 19 heavy (non-hydrogen) atoms. The van der Waals surface area contributed by atoms with Gasteiger partial charge in [-0.05, 0) is 30.9 Å². The van der Waals surface area contributed by atoms with Crippen molar-refractivity contribution in [3.05, 3.63) is 23.9 Å². The van der Waals surface area contributed by atoms with E-state index < -0.39 is 10.0 Å². The third kappa shape index (κ3) is 3.97. The highest BCUT2D eigenvalue weighted by Gasteiger charge is 2.18. The molecular weight excluding hydrogens is 266 g/mol. The van der Waals surface area contributed by atoms with Gasteiger partial charge < -0.3 is 10.5 Å². The average Bonchev–Trinajstić information content (AvgIpc) is 2.92. The van der Waals surface area contributed by atoms with Crippen LogP contribution in [-0.2, 0) is 21.3 Å². The first-order chi connectivity index (χ1) is 9.12. The Morgan fingerprint density at radius 3 is 2.89 bits per heavy atom. The molecule has 0 bridgehead atoms. The van der Waals surface area contributed by atoms with Gasteiger partial charge in [0.2, 0.25) is 0 Å². The van der Waals surface area contributed by atoms with E-state index in [1.807, 2.05) is 0 Å². The molecule has 1 atom stereocenters. The van der Waals surface area contributed by atoms with Gasteiger partial charge in [0, 0.05) is 25.9 Å². The molecule has 0 radical (unpaired) electrons. The fourth-order valence-corrected chi connectivity index (χ4v) is 2.96. The fourth-order valence-electron chi connectivity index (χ4n) is 1.99. The molecule has 1 unspecified atom stereocenters. The van der Waals surface area contributed by atoms with Crippen LogP contribution in [0.5, 0.6) is 0 Å². The average molecular weight is 285 g/mol. The van der Waals surface area contributed by atoms with Crippen molar-refractivity contribution < 1.29 is 13.2 Å². The van der Waals surface area contributed by atoms with E-state index in [1.54, 1.807) is 6.07 Å². The predicted molar refractivity (Wildman–Crippen MR) is 70.9 cm³/mol. The van der Waals surface area contributed by atoms with Gasteiger partial charge in [-0.2, -0.15) is 0 Å². The Labute approximate surface area is 113 Å². The molecule has 1 saturated heterocycles. The van der Waals surface area contributed by atoms with Gasteiger partial charge in [0.1, 0.15) is 0 Å². The number of nitrogens with zero attached hydrogens (tertiary/aromatic N) is 1. The molecule has 3 N–H and O–H groups in total. The summed E-state index contributed by atoms with van der Waals surface area (Å²) in [5.74, 6) is 0. The quantitative estimate of drug-likeness (QED) is 0.788. The maximum Gasteiger partial charge on any atom is 0.258 e. The maximum atomic E-state index is 12.0. The van der Waals surface area contributed by atoms with Crippen LogP contribution in [0.2, 0.25) is 0 Å². The highest BCUT2D eigenvalue weighted by atomic mass is 32.2. The number of hydrogen-bond acceptors (Lipinski definition) is 5. The molecule has 2 rings (SSSR count). The molecule has 2 heterocycles. The minimum atomic E-state index is -3.53. The second-order valence-electron chi connectivity index (χ2n) is 4.53. The Balaban J connectivity index is 1.89. The number of nitrogens with one attached hydrogen (secondary N) is 1. The number of sulfonamides is 1. The zero-order chi connectivity index (χ0) is 13.7. The molecule has 7 heteroatoms. The van der Waals surface area contributed by atoms with Crippen molar-refractivity contribution in [1.82, 2.24) is 9.71 Å². The topological polar surface area (TPSA) is 94.3 Å². The smallest absolute Gasteiger partial charge is 0.258 e. The van der Waals surface area contributed by atoms with Crippen LogP contribution in [0.25, 0.3) is 0 Å². The summed E-state index contributed by atoms with van der Waals surface area (Å²) in [4.78, 5) is 3.91. The van der Waals surface area contributed by atoms with Crippen LogP contribution in [0.15, 0.2) is 23.4 Å². The minimum Gasteiger partial charge on any atom is -0.378 e. The summed E-state index contributed by atoms with van der Waals surface area (Å²) in [6.07, 6.45) is 4.41. The van der Waals surface area contributed by atoms with Crippen LogP contribution in [-0.4, -0.2) is 32.7 Å². The standard InChI is InChI=1S/C12H19N3O3S/c13-8-10-3-4-12(14-9-10)19(16,17)15-6-5-11-2-1-7-18-11/h3-4,9,11,15H,1-2,5-8,13H2. The van der Waals surface area contributed by atoms with E-state index in [-0.39, 0.29) is 11.1 Å². The van der Waals surface area contributed by atoms with Gasteiger partial charge in [0.15, 0.2) is 5.03 Å². The number of ether oxygens (including phenoxy) is 1. The summed E-state index contributed by atoms with van der Waals surface area (Å²) in [7, 11) is -3.53. The largest absolute Gasteiger partial charge is 0.378 e. The summed E-state index contributed by atoms with van der Waals surface area (Å²) in [5.41, 5.74) is 6.24. The highest BCUT2D eigenvalue weighted by Crippen LogP contribution is 2.15. The Morgan fingerprint density at radius 1 is 1.47 bits per heavy atom. The van der Waals surface area contributed by atoms with E-state index in [0.29, 0.717) is 19.5 Å². The lowest BCUT2D eigenvalue weighted by molar-refractivity contribution is 0.105. The van der Waals surface area contributed by atoms with E-state index >= 15 is 0 Å². The van der Waals surface area contributed by atoms with Gasteiger partial charge in [-0.25, -0.2) is 18.1 Å². The second-order valence-corrected chi connectivity index (χ2v) is 6.24. The summed E-state index contributed by atoms with van der Waals surface area (Å²) in [6, 6.07) is 3.14. The zero-order valence-electron chi connectivity index (χ0n) is 10.7. The van der Waals surface area contributed by atoms with Crippen molar-refractivity contribution in [3.63, 3.8) is 0 Å². The van der Waals surface area contributed by atoms with Gasteiger partial charge in [0.05, 0.1) is 6.10 Å². The molecule has 1 aromatic heterocycles.